The zero-order valence-corrected chi connectivity index (χ0v) is 14.0. The molecular weight excluding hydrogens is 306 g/mol. The lowest BCUT2D eigenvalue weighted by atomic mass is 9.74. The molecule has 1 aliphatic carbocycles. The molecule has 3 rings (SSSR count). The molecule has 2 aromatic rings. The Labute approximate surface area is 141 Å². The molecule has 2 heterocycles. The van der Waals surface area contributed by atoms with E-state index in [0.29, 0.717) is 23.2 Å². The third kappa shape index (κ3) is 3.54. The molecule has 1 fully saturated rings. The molecule has 0 aromatic carbocycles. The van der Waals surface area contributed by atoms with Crippen LogP contribution in [0.2, 0.25) is 0 Å². The molecule has 1 saturated carbocycles. The van der Waals surface area contributed by atoms with Gasteiger partial charge in [-0.05, 0) is 51.3 Å². The van der Waals surface area contributed by atoms with Gasteiger partial charge in [0.15, 0.2) is 6.61 Å². The molecule has 7 heteroatoms. The van der Waals surface area contributed by atoms with E-state index < -0.39 is 0 Å². The lowest BCUT2D eigenvalue weighted by molar-refractivity contribution is 0.179. The largest absolute Gasteiger partial charge is 0.482 e. The molecule has 0 atom stereocenters. The standard InChI is InChI=1S/C17H21N5O2/c1-12-8-13(10-20-14(12)9-18)23-11-16-22-21-15(24-16)4-7-17(19-2)5-3-6-17/h8,10,19H,3-7,11H2,1-2H3. The number of pyridine rings is 1. The summed E-state index contributed by atoms with van der Waals surface area (Å²) in [6, 6.07) is 3.80. The number of rotatable bonds is 7. The zero-order valence-electron chi connectivity index (χ0n) is 14.0. The van der Waals surface area contributed by atoms with Crippen LogP contribution in [0.15, 0.2) is 16.7 Å². The Kier molecular flexibility index (Phi) is 4.76. The SMILES string of the molecule is CNC1(CCc2nnc(COc3cnc(C#N)c(C)c3)o2)CCC1. The van der Waals surface area contributed by atoms with E-state index >= 15 is 0 Å². The molecule has 0 unspecified atom stereocenters. The van der Waals surface area contributed by atoms with Gasteiger partial charge in [0.25, 0.3) is 5.89 Å². The maximum Gasteiger partial charge on any atom is 0.253 e. The lowest BCUT2D eigenvalue weighted by Gasteiger charge is -2.41. The Balaban J connectivity index is 1.52. The van der Waals surface area contributed by atoms with Crippen molar-refractivity contribution < 1.29 is 9.15 Å². The van der Waals surface area contributed by atoms with Gasteiger partial charge >= 0.3 is 0 Å². The molecule has 0 amide bonds. The molecule has 126 valence electrons. The molecule has 1 N–H and O–H groups in total. The average molecular weight is 327 g/mol. The fraction of sp³-hybridized carbons (Fsp3) is 0.529. The summed E-state index contributed by atoms with van der Waals surface area (Å²) < 4.78 is 11.2. The summed E-state index contributed by atoms with van der Waals surface area (Å²) in [7, 11) is 2.01. The van der Waals surface area contributed by atoms with Gasteiger partial charge in [0.1, 0.15) is 17.5 Å². The Hall–Kier alpha value is -2.46. The molecule has 0 radical (unpaired) electrons. The van der Waals surface area contributed by atoms with Gasteiger partial charge in [-0.1, -0.05) is 0 Å². The molecular formula is C17H21N5O2. The summed E-state index contributed by atoms with van der Waals surface area (Å²) in [4.78, 5) is 4.04. The number of hydrogen-bond donors (Lipinski definition) is 1. The topological polar surface area (TPSA) is 96.9 Å². The summed E-state index contributed by atoms with van der Waals surface area (Å²) in [5, 5.41) is 20.4. The second-order valence-corrected chi connectivity index (χ2v) is 6.21. The summed E-state index contributed by atoms with van der Waals surface area (Å²) in [5.74, 6) is 1.67. The third-order valence-corrected chi connectivity index (χ3v) is 4.69. The first kappa shape index (κ1) is 16.4. The summed E-state index contributed by atoms with van der Waals surface area (Å²) in [6.07, 6.45) is 6.99. The van der Waals surface area contributed by atoms with E-state index in [-0.39, 0.29) is 12.1 Å². The summed E-state index contributed by atoms with van der Waals surface area (Å²) >= 11 is 0. The maximum atomic E-state index is 8.88. The molecule has 0 saturated heterocycles. The van der Waals surface area contributed by atoms with Crippen LogP contribution >= 0.6 is 0 Å². The smallest absolute Gasteiger partial charge is 0.253 e. The van der Waals surface area contributed by atoms with Crippen LogP contribution in [0.1, 0.15) is 48.7 Å². The van der Waals surface area contributed by atoms with Crippen molar-refractivity contribution in [1.82, 2.24) is 20.5 Å². The van der Waals surface area contributed by atoms with E-state index in [1.807, 2.05) is 20.0 Å². The molecule has 24 heavy (non-hydrogen) atoms. The second kappa shape index (κ2) is 6.97. The third-order valence-electron chi connectivity index (χ3n) is 4.69. The van der Waals surface area contributed by atoms with Crippen LogP contribution in [0.3, 0.4) is 0 Å². The minimum Gasteiger partial charge on any atom is -0.482 e. The number of hydrogen-bond acceptors (Lipinski definition) is 7. The van der Waals surface area contributed by atoms with Gasteiger partial charge in [0, 0.05) is 12.0 Å². The van der Waals surface area contributed by atoms with E-state index in [4.69, 9.17) is 14.4 Å². The summed E-state index contributed by atoms with van der Waals surface area (Å²) in [6.45, 7) is 2.01. The highest BCUT2D eigenvalue weighted by molar-refractivity contribution is 5.35. The minimum absolute atomic E-state index is 0.192. The first-order chi connectivity index (χ1) is 11.6. The van der Waals surface area contributed by atoms with Crippen molar-refractivity contribution in [1.29, 1.82) is 5.26 Å². The first-order valence-electron chi connectivity index (χ1n) is 8.14. The maximum absolute atomic E-state index is 8.88. The van der Waals surface area contributed by atoms with Crippen LogP contribution in [0, 0.1) is 18.3 Å². The van der Waals surface area contributed by atoms with Gasteiger partial charge in [0.2, 0.25) is 5.89 Å². The second-order valence-electron chi connectivity index (χ2n) is 6.21. The molecule has 0 aliphatic heterocycles. The van der Waals surface area contributed by atoms with E-state index in [1.165, 1.54) is 25.5 Å². The Morgan fingerprint density at radius 1 is 1.38 bits per heavy atom. The van der Waals surface area contributed by atoms with Crippen LogP contribution < -0.4 is 10.1 Å². The van der Waals surface area contributed by atoms with Crippen molar-refractivity contribution in [2.45, 2.75) is 51.2 Å². The molecule has 1 aliphatic rings. The number of nitrogens with one attached hydrogen (secondary N) is 1. The predicted molar refractivity (Wildman–Crippen MR) is 86.3 cm³/mol. The quantitative estimate of drug-likeness (QED) is 0.833. The van der Waals surface area contributed by atoms with Gasteiger partial charge in [-0.2, -0.15) is 5.26 Å². The fourth-order valence-electron chi connectivity index (χ4n) is 2.91. The van der Waals surface area contributed by atoms with Crippen LogP contribution in [-0.4, -0.2) is 27.8 Å². The minimum atomic E-state index is 0.192. The van der Waals surface area contributed by atoms with E-state index in [9.17, 15) is 0 Å². The molecule has 0 bridgehead atoms. The van der Waals surface area contributed by atoms with Gasteiger partial charge in [-0.15, -0.1) is 10.2 Å². The Morgan fingerprint density at radius 3 is 2.79 bits per heavy atom. The lowest BCUT2D eigenvalue weighted by Crippen LogP contribution is -2.49. The van der Waals surface area contributed by atoms with Crippen LogP contribution in [0.5, 0.6) is 5.75 Å². The van der Waals surface area contributed by atoms with E-state index in [1.54, 1.807) is 6.07 Å². The molecule has 0 spiro atoms. The van der Waals surface area contributed by atoms with E-state index in [0.717, 1.165) is 18.4 Å². The van der Waals surface area contributed by atoms with Crippen LogP contribution in [-0.2, 0) is 13.0 Å². The monoisotopic (exact) mass is 327 g/mol. The Morgan fingerprint density at radius 2 is 2.17 bits per heavy atom. The number of nitriles is 1. The number of nitrogens with zero attached hydrogens (tertiary/aromatic N) is 4. The highest BCUT2D eigenvalue weighted by atomic mass is 16.5. The fourth-order valence-corrected chi connectivity index (χ4v) is 2.91. The summed E-state index contributed by atoms with van der Waals surface area (Å²) in [5.41, 5.74) is 1.42. The van der Waals surface area contributed by atoms with Crippen molar-refractivity contribution in [3.8, 4) is 11.8 Å². The van der Waals surface area contributed by atoms with Crippen molar-refractivity contribution in [2.24, 2.45) is 0 Å². The van der Waals surface area contributed by atoms with Crippen LogP contribution in [0.25, 0.3) is 0 Å². The Bertz CT molecular complexity index is 740. The van der Waals surface area contributed by atoms with Crippen LogP contribution in [0.4, 0.5) is 0 Å². The van der Waals surface area contributed by atoms with Crippen molar-refractivity contribution in [2.75, 3.05) is 7.05 Å². The van der Waals surface area contributed by atoms with Gasteiger partial charge < -0.3 is 14.5 Å². The highest BCUT2D eigenvalue weighted by Gasteiger charge is 2.35. The normalized spacial score (nSPS) is 15.5. The van der Waals surface area contributed by atoms with Crippen molar-refractivity contribution in [3.63, 3.8) is 0 Å². The number of aryl methyl sites for hydroxylation is 2. The van der Waals surface area contributed by atoms with E-state index in [2.05, 4.69) is 20.5 Å². The van der Waals surface area contributed by atoms with Gasteiger partial charge in [-0.3, -0.25) is 0 Å². The van der Waals surface area contributed by atoms with Gasteiger partial charge in [-0.25, -0.2) is 4.98 Å². The first-order valence-corrected chi connectivity index (χ1v) is 8.14. The molecule has 2 aromatic heterocycles. The van der Waals surface area contributed by atoms with Crippen molar-refractivity contribution in [3.05, 3.63) is 35.3 Å². The average Bonchev–Trinajstić information content (AvgIpc) is 3.00. The zero-order chi connectivity index (χ0) is 17.0. The molecule has 7 nitrogen and oxygen atoms in total. The van der Waals surface area contributed by atoms with Gasteiger partial charge in [0.05, 0.1) is 6.20 Å². The van der Waals surface area contributed by atoms with Crippen molar-refractivity contribution >= 4 is 0 Å². The number of ether oxygens (including phenoxy) is 1. The predicted octanol–water partition coefficient (Wildman–Crippen LogP) is 2.30. The number of aromatic nitrogens is 3. The highest BCUT2D eigenvalue weighted by Crippen LogP contribution is 2.35.